The van der Waals surface area contributed by atoms with E-state index in [1.165, 1.54) is 55.2 Å². The first-order chi connectivity index (χ1) is 17.9. The lowest BCUT2D eigenvalue weighted by atomic mass is 9.47. The van der Waals surface area contributed by atoms with Crippen molar-refractivity contribution in [3.8, 4) is 0 Å². The number of aliphatic hydroxyl groups excluding tert-OH is 1. The van der Waals surface area contributed by atoms with Crippen molar-refractivity contribution in [1.82, 2.24) is 0 Å². The number of aliphatic hydroxyl groups is 1. The fourth-order valence-electron chi connectivity index (χ4n) is 9.72. The number of hydrogen-bond acceptors (Lipinski definition) is 1. The van der Waals surface area contributed by atoms with Crippen molar-refractivity contribution in [2.24, 2.45) is 40.4 Å². The maximum atomic E-state index is 10.3. The Labute approximate surface area is 225 Å². The highest BCUT2D eigenvalue weighted by Gasteiger charge is 2.59. The molecule has 1 heteroatoms. The van der Waals surface area contributed by atoms with Crippen LogP contribution in [0.2, 0.25) is 0 Å². The first-order valence-electron chi connectivity index (χ1n) is 15.1. The zero-order valence-corrected chi connectivity index (χ0v) is 23.2. The summed E-state index contributed by atoms with van der Waals surface area (Å²) in [5.74, 6) is 4.05. The second-order valence-electron chi connectivity index (χ2n) is 13.4. The van der Waals surface area contributed by atoms with Gasteiger partial charge in [0.1, 0.15) is 0 Å². The molecular formula is C36H46O. The van der Waals surface area contributed by atoms with Crippen LogP contribution in [0.5, 0.6) is 0 Å². The van der Waals surface area contributed by atoms with Gasteiger partial charge in [-0.2, -0.15) is 0 Å². The molecule has 0 saturated heterocycles. The molecule has 1 nitrogen and oxygen atoms in total. The third-order valence-corrected chi connectivity index (χ3v) is 11.7. The zero-order valence-electron chi connectivity index (χ0n) is 23.2. The summed E-state index contributed by atoms with van der Waals surface area (Å²) >= 11 is 0. The predicted octanol–water partition coefficient (Wildman–Crippen LogP) is 9.08. The maximum absolute atomic E-state index is 10.3. The molecule has 3 saturated carbocycles. The molecule has 4 aliphatic rings. The van der Waals surface area contributed by atoms with Gasteiger partial charge in [-0.3, -0.25) is 0 Å². The second-order valence-corrected chi connectivity index (χ2v) is 13.4. The number of allylic oxidation sites excluding steroid dienone is 2. The lowest BCUT2D eigenvalue weighted by Gasteiger charge is -2.58. The topological polar surface area (TPSA) is 20.2 Å². The van der Waals surface area contributed by atoms with E-state index in [-0.39, 0.29) is 6.10 Å². The van der Waals surface area contributed by atoms with E-state index in [0.29, 0.717) is 16.7 Å². The van der Waals surface area contributed by atoms with E-state index < -0.39 is 0 Å². The smallest absolute Gasteiger partial charge is 0.0577 e. The standard InChI is InChI=1S/C36H46O/c1-25(14-16-30(26-10-6-4-7-11-26)27-12-8-5-9-13-27)32-18-19-33-31-17-15-28-24-29(37)20-22-35(28,2)34(31)21-23-36(32,33)3/h4-13,15-16,25,29,31-34,37H,14,17-24H2,1-3H3/t25-,29-,31+,32+,33+,34+,35+,36-/m1/s1. The molecule has 0 unspecified atom stereocenters. The van der Waals surface area contributed by atoms with Crippen LogP contribution < -0.4 is 0 Å². The van der Waals surface area contributed by atoms with Crippen molar-refractivity contribution >= 4 is 5.57 Å². The van der Waals surface area contributed by atoms with E-state index in [4.69, 9.17) is 0 Å². The fraction of sp³-hybridized carbons (Fsp3) is 0.556. The predicted molar refractivity (Wildman–Crippen MR) is 155 cm³/mol. The van der Waals surface area contributed by atoms with Gasteiger partial charge in [0.25, 0.3) is 0 Å². The minimum absolute atomic E-state index is 0.105. The molecule has 0 spiro atoms. The molecule has 0 amide bonds. The van der Waals surface area contributed by atoms with Gasteiger partial charge in [-0.1, -0.05) is 99.2 Å². The molecular weight excluding hydrogens is 448 g/mol. The highest BCUT2D eigenvalue weighted by molar-refractivity contribution is 5.79. The van der Waals surface area contributed by atoms with Crippen LogP contribution in [-0.2, 0) is 0 Å². The molecule has 1 N–H and O–H groups in total. The van der Waals surface area contributed by atoms with Crippen molar-refractivity contribution in [1.29, 1.82) is 0 Å². The van der Waals surface area contributed by atoms with E-state index in [0.717, 1.165) is 42.9 Å². The molecule has 37 heavy (non-hydrogen) atoms. The number of hydrogen-bond donors (Lipinski definition) is 1. The molecule has 0 aromatic heterocycles. The first kappa shape index (κ1) is 25.2. The first-order valence-corrected chi connectivity index (χ1v) is 15.1. The van der Waals surface area contributed by atoms with E-state index in [1.807, 2.05) is 0 Å². The summed E-state index contributed by atoms with van der Waals surface area (Å²) in [6.07, 6.45) is 16.2. The van der Waals surface area contributed by atoms with Crippen LogP contribution in [0.4, 0.5) is 0 Å². The number of rotatable bonds is 5. The summed E-state index contributed by atoms with van der Waals surface area (Å²) in [6, 6.07) is 21.9. The van der Waals surface area contributed by atoms with Crippen LogP contribution in [0.1, 0.15) is 89.7 Å². The van der Waals surface area contributed by atoms with E-state index in [2.05, 4.69) is 93.6 Å². The molecule has 4 aliphatic carbocycles. The van der Waals surface area contributed by atoms with Gasteiger partial charge in [0.2, 0.25) is 0 Å². The number of benzene rings is 2. The molecule has 6 rings (SSSR count). The minimum atomic E-state index is -0.105. The van der Waals surface area contributed by atoms with Crippen LogP contribution in [0.25, 0.3) is 5.57 Å². The molecule has 196 valence electrons. The van der Waals surface area contributed by atoms with E-state index >= 15 is 0 Å². The Morgan fingerprint density at radius 1 is 0.892 bits per heavy atom. The van der Waals surface area contributed by atoms with Crippen LogP contribution in [-0.4, -0.2) is 11.2 Å². The van der Waals surface area contributed by atoms with E-state index in [9.17, 15) is 5.11 Å². The second kappa shape index (κ2) is 9.88. The van der Waals surface area contributed by atoms with Gasteiger partial charge in [0.05, 0.1) is 6.10 Å². The zero-order chi connectivity index (χ0) is 25.6. The third kappa shape index (κ3) is 4.36. The van der Waals surface area contributed by atoms with Gasteiger partial charge in [0.15, 0.2) is 0 Å². The summed E-state index contributed by atoms with van der Waals surface area (Å²) < 4.78 is 0. The highest BCUT2D eigenvalue weighted by Crippen LogP contribution is 2.67. The molecule has 0 bridgehead atoms. The lowest BCUT2D eigenvalue weighted by Crippen LogP contribution is -2.50. The van der Waals surface area contributed by atoms with Crippen molar-refractivity contribution in [3.63, 3.8) is 0 Å². The Morgan fingerprint density at radius 3 is 2.24 bits per heavy atom. The SMILES string of the molecule is C[C@H](CC=C(c1ccccc1)c1ccccc1)[C@@H]1CC[C@H]2[C@@H]3CC=C4C[C@H](O)CC[C@]4(C)[C@H]3CC[C@@]21C. The minimum Gasteiger partial charge on any atom is -0.393 e. The maximum Gasteiger partial charge on any atom is 0.0577 e. The molecule has 2 aromatic carbocycles. The van der Waals surface area contributed by atoms with Gasteiger partial charge in [0, 0.05) is 0 Å². The highest BCUT2D eigenvalue weighted by atomic mass is 16.3. The van der Waals surface area contributed by atoms with Crippen LogP contribution >= 0.6 is 0 Å². The quantitative estimate of drug-likeness (QED) is 0.411. The summed E-state index contributed by atoms with van der Waals surface area (Å²) in [7, 11) is 0. The molecule has 0 radical (unpaired) electrons. The van der Waals surface area contributed by atoms with Crippen molar-refractivity contribution in [3.05, 3.63) is 89.5 Å². The van der Waals surface area contributed by atoms with Crippen molar-refractivity contribution in [2.45, 2.75) is 84.7 Å². The van der Waals surface area contributed by atoms with Gasteiger partial charge >= 0.3 is 0 Å². The molecule has 8 atom stereocenters. The average molecular weight is 495 g/mol. The van der Waals surface area contributed by atoms with Gasteiger partial charge in [-0.25, -0.2) is 0 Å². The van der Waals surface area contributed by atoms with Gasteiger partial charge in [-0.15, -0.1) is 0 Å². The van der Waals surface area contributed by atoms with Gasteiger partial charge in [-0.05, 0) is 115 Å². The van der Waals surface area contributed by atoms with Crippen LogP contribution in [0, 0.1) is 40.4 Å². The van der Waals surface area contributed by atoms with Crippen molar-refractivity contribution in [2.75, 3.05) is 0 Å². The summed E-state index contributed by atoms with van der Waals surface area (Å²) in [4.78, 5) is 0. The van der Waals surface area contributed by atoms with Crippen molar-refractivity contribution < 1.29 is 5.11 Å². The Hall–Kier alpha value is -2.12. The largest absolute Gasteiger partial charge is 0.393 e. The molecule has 2 aromatic rings. The normalized spacial score (nSPS) is 37.5. The summed E-state index contributed by atoms with van der Waals surface area (Å²) in [5, 5.41) is 10.3. The van der Waals surface area contributed by atoms with Crippen LogP contribution in [0.15, 0.2) is 78.4 Å². The molecule has 0 heterocycles. The average Bonchev–Trinajstić information content (AvgIpc) is 3.28. The number of fused-ring (bicyclic) bond motifs is 5. The lowest BCUT2D eigenvalue weighted by molar-refractivity contribution is -0.0565. The Bertz CT molecular complexity index is 1100. The monoisotopic (exact) mass is 494 g/mol. The Kier molecular flexibility index (Phi) is 6.72. The Balaban J connectivity index is 1.22. The summed E-state index contributed by atoms with van der Waals surface area (Å²) in [6.45, 7) is 7.77. The van der Waals surface area contributed by atoms with Gasteiger partial charge < -0.3 is 5.11 Å². The Morgan fingerprint density at radius 2 is 1.57 bits per heavy atom. The van der Waals surface area contributed by atoms with Crippen LogP contribution in [0.3, 0.4) is 0 Å². The molecule has 3 fully saturated rings. The van der Waals surface area contributed by atoms with E-state index in [1.54, 1.807) is 5.57 Å². The fourth-order valence-corrected chi connectivity index (χ4v) is 9.72. The molecule has 0 aliphatic heterocycles. The third-order valence-electron chi connectivity index (χ3n) is 11.7. The summed E-state index contributed by atoms with van der Waals surface area (Å²) in [5.41, 5.74) is 6.45.